The molecule has 9 nitrogen and oxygen atoms in total. The zero-order valence-electron chi connectivity index (χ0n) is 24.5. The second kappa shape index (κ2) is 10.9. The van der Waals surface area contributed by atoms with Crippen molar-refractivity contribution in [3.05, 3.63) is 34.9 Å². The molecule has 0 spiro atoms. The first-order chi connectivity index (χ1) is 19.1. The molecular formula is C31H45NO8S. The van der Waals surface area contributed by atoms with Crippen LogP contribution in [-0.4, -0.2) is 52.8 Å². The Morgan fingerprint density at radius 1 is 1.10 bits per heavy atom. The van der Waals surface area contributed by atoms with Crippen molar-refractivity contribution in [2.45, 2.75) is 97.3 Å². The van der Waals surface area contributed by atoms with Crippen LogP contribution in [0.25, 0.3) is 0 Å². The van der Waals surface area contributed by atoms with Crippen molar-refractivity contribution in [2.75, 3.05) is 6.54 Å². The molecule has 4 aliphatic carbocycles. The van der Waals surface area contributed by atoms with E-state index in [2.05, 4.69) is 32.2 Å². The summed E-state index contributed by atoms with van der Waals surface area (Å²) >= 11 is 0. The average molecular weight is 592 g/mol. The van der Waals surface area contributed by atoms with Gasteiger partial charge in [0, 0.05) is 17.9 Å². The van der Waals surface area contributed by atoms with Gasteiger partial charge in [-0.1, -0.05) is 25.5 Å². The van der Waals surface area contributed by atoms with Crippen LogP contribution in [0.5, 0.6) is 11.5 Å². The first kappa shape index (κ1) is 30.5. The minimum atomic E-state index is -4.73. The highest BCUT2D eigenvalue weighted by Gasteiger charge is 2.60. The summed E-state index contributed by atoms with van der Waals surface area (Å²) < 4.78 is 37.8. The van der Waals surface area contributed by atoms with Crippen molar-refractivity contribution < 1.29 is 42.6 Å². The van der Waals surface area contributed by atoms with Crippen LogP contribution < -0.4 is 5.32 Å². The lowest BCUT2D eigenvalue weighted by atomic mass is 9.48. The molecule has 1 aromatic rings. The summed E-state index contributed by atoms with van der Waals surface area (Å²) in [5, 5.41) is 31.9. The van der Waals surface area contributed by atoms with E-state index < -0.39 is 22.6 Å². The molecule has 3 fully saturated rings. The summed E-state index contributed by atoms with van der Waals surface area (Å²) in [6.07, 6.45) is 7.19. The van der Waals surface area contributed by atoms with Crippen LogP contribution in [0.2, 0.25) is 0 Å². The number of aliphatic hydroxyl groups is 1. The summed E-state index contributed by atoms with van der Waals surface area (Å²) in [5.74, 6) is 0.937. The summed E-state index contributed by atoms with van der Waals surface area (Å²) in [7, 11) is -4.73. The van der Waals surface area contributed by atoms with Crippen molar-refractivity contribution in [3.8, 4) is 11.5 Å². The average Bonchev–Trinajstić information content (AvgIpc) is 3.24. The Morgan fingerprint density at radius 3 is 2.49 bits per heavy atom. The molecule has 0 radical (unpaired) electrons. The van der Waals surface area contributed by atoms with Gasteiger partial charge in [0.05, 0.1) is 18.8 Å². The summed E-state index contributed by atoms with van der Waals surface area (Å²) in [6, 6.07) is 3.73. The van der Waals surface area contributed by atoms with Crippen LogP contribution >= 0.6 is 0 Å². The van der Waals surface area contributed by atoms with Crippen molar-refractivity contribution >= 4 is 16.2 Å². The molecule has 0 aromatic heterocycles. The van der Waals surface area contributed by atoms with E-state index in [1.54, 1.807) is 19.1 Å². The quantitative estimate of drug-likeness (QED) is 0.180. The number of nitrogens with two attached hydrogens (primary N) is 1. The highest BCUT2D eigenvalue weighted by Crippen LogP contribution is 2.65. The van der Waals surface area contributed by atoms with Crippen LogP contribution in [0.1, 0.15) is 89.8 Å². The van der Waals surface area contributed by atoms with E-state index >= 15 is 0 Å². The second-order valence-corrected chi connectivity index (χ2v) is 14.7. The highest BCUT2D eigenvalue weighted by molar-refractivity contribution is 7.80. The van der Waals surface area contributed by atoms with E-state index in [1.165, 1.54) is 5.57 Å². The maximum atomic E-state index is 12.2. The molecule has 0 bridgehead atoms. The Morgan fingerprint density at radius 2 is 1.80 bits per heavy atom. The zero-order valence-corrected chi connectivity index (χ0v) is 25.3. The number of carbonyl (C=O) groups excluding carboxylic acids is 1. The van der Waals surface area contributed by atoms with Gasteiger partial charge < -0.3 is 25.2 Å². The molecule has 10 heteroatoms. The number of allylic oxidation sites excluding steroid dienone is 2. The number of Topliss-reactive ketones (excluding diaryl/α,β-unsaturated/α-hetero) is 1. The van der Waals surface area contributed by atoms with E-state index in [9.17, 15) is 33.1 Å². The lowest BCUT2D eigenvalue weighted by Crippen LogP contribution is -2.86. The second-order valence-electron chi connectivity index (χ2n) is 13.7. The van der Waals surface area contributed by atoms with Crippen molar-refractivity contribution in [1.82, 2.24) is 0 Å². The molecule has 1 aromatic carbocycles. The lowest BCUT2D eigenvalue weighted by Gasteiger charge is -2.58. The Kier molecular flexibility index (Phi) is 8.13. The van der Waals surface area contributed by atoms with Crippen LogP contribution in [0.4, 0.5) is 0 Å². The fraction of sp³-hybridized carbons (Fsp3) is 0.710. The molecule has 5 aliphatic rings. The van der Waals surface area contributed by atoms with E-state index in [4.69, 9.17) is 4.18 Å². The Balaban J connectivity index is 0.000000216. The van der Waals surface area contributed by atoms with E-state index in [-0.39, 0.29) is 45.9 Å². The number of rotatable bonds is 3. The van der Waals surface area contributed by atoms with Crippen molar-refractivity contribution in [1.29, 1.82) is 0 Å². The van der Waals surface area contributed by atoms with Gasteiger partial charge in [-0.05, 0) is 105 Å². The standard InChI is InChI=1S/C21H32O6S.C10H13NO2/c1-12(22)15-4-5-16-14-11-19(23)18-10-13(27-28(24,25)26)6-8-21(18,3)17(14)7-9-20(15,16)2;1-6-8-5-10(13)9(12)4-7(8)2-3-11-6/h7,13-16,18-19,23H,4-6,8-11H2,1-3H3,(H,24,25,26);4-6,11-13H,2-3H2,1H3/t13-,14-,15-,16-,18+,19-,20+,21+;6-/m01/s1. The molecule has 41 heavy (non-hydrogen) atoms. The van der Waals surface area contributed by atoms with Crippen LogP contribution in [0.15, 0.2) is 23.8 Å². The Bertz CT molecular complexity index is 1330. The van der Waals surface area contributed by atoms with Gasteiger partial charge in [-0.2, -0.15) is 0 Å². The third kappa shape index (κ3) is 5.58. The molecule has 3 saturated carbocycles. The van der Waals surface area contributed by atoms with Gasteiger partial charge in [-0.25, -0.2) is 8.42 Å². The number of phenolic OH excluding ortho intramolecular Hbond substituents is 2. The predicted octanol–water partition coefficient (Wildman–Crippen LogP) is 3.25. The Labute approximate surface area is 243 Å². The maximum Gasteiger partial charge on any atom is 0.217 e. The van der Waals surface area contributed by atoms with Crippen LogP contribution in [-0.2, 0) is 25.8 Å². The molecule has 9 atom stereocenters. The predicted molar refractivity (Wildman–Crippen MR) is 151 cm³/mol. The molecular weight excluding hydrogens is 546 g/mol. The van der Waals surface area contributed by atoms with E-state index in [1.807, 2.05) is 0 Å². The summed E-state index contributed by atoms with van der Waals surface area (Å²) in [4.78, 5) is 12.2. The maximum absolute atomic E-state index is 12.2. The number of aromatic hydroxyl groups is 2. The number of fused-ring (bicyclic) bond motifs is 6. The van der Waals surface area contributed by atoms with Crippen molar-refractivity contribution in [3.63, 3.8) is 0 Å². The van der Waals surface area contributed by atoms with Gasteiger partial charge >= 0.3 is 0 Å². The van der Waals surface area contributed by atoms with Crippen LogP contribution in [0.3, 0.4) is 0 Å². The largest absolute Gasteiger partial charge is 0.726 e. The fourth-order valence-electron chi connectivity index (χ4n) is 9.35. The monoisotopic (exact) mass is 591 g/mol. The minimum Gasteiger partial charge on any atom is -0.726 e. The fourth-order valence-corrected chi connectivity index (χ4v) is 9.86. The number of phenols is 2. The van der Waals surface area contributed by atoms with Gasteiger partial charge in [-0.3, -0.25) is 8.98 Å². The minimum absolute atomic E-state index is 0.00662. The number of benzene rings is 1. The number of ketones is 1. The van der Waals surface area contributed by atoms with Gasteiger partial charge in [0.25, 0.3) is 0 Å². The molecule has 0 unspecified atom stereocenters. The molecule has 0 saturated heterocycles. The van der Waals surface area contributed by atoms with Gasteiger partial charge in [0.1, 0.15) is 11.8 Å². The third-order valence-corrected chi connectivity index (χ3v) is 11.9. The topological polar surface area (TPSA) is 161 Å². The molecule has 5 N–H and O–H groups in total. The first-order valence-electron chi connectivity index (χ1n) is 15.0. The number of carbonyl (C=O) groups is 1. The number of hydrogen-bond donors (Lipinski definition) is 4. The van der Waals surface area contributed by atoms with Gasteiger partial charge in [0.2, 0.25) is 10.4 Å². The number of hydrogen-bond acceptors (Lipinski definition) is 8. The summed E-state index contributed by atoms with van der Waals surface area (Å²) in [6.45, 7) is 9.29. The molecule has 228 valence electrons. The van der Waals surface area contributed by atoms with Crippen molar-refractivity contribution in [2.24, 2.45) is 34.5 Å². The first-order valence-corrected chi connectivity index (χ1v) is 16.4. The SMILES string of the molecule is CC(=O)[C@@H]1CC[C@H]2[C@@H]3C[C@H](O)[C@H]4C[C@@H](OS(=O)(=O)[O-])CC[C@]4(C)C3=CC[C@]12C.C[C@H]1[NH2+]CCc2cc(O)c(O)cc21. The normalized spacial score (nSPS) is 39.7. The Hall–Kier alpha value is -1.98. The molecule has 1 aliphatic heterocycles. The number of aliphatic hydroxyl groups excluding tert-OH is 1. The molecule has 6 rings (SSSR count). The molecule has 1 heterocycles. The van der Waals surface area contributed by atoms with Gasteiger partial charge in [-0.15, -0.1) is 0 Å². The zero-order chi connectivity index (χ0) is 29.9. The highest BCUT2D eigenvalue weighted by atomic mass is 32.3. The van der Waals surface area contributed by atoms with Gasteiger partial charge in [0.15, 0.2) is 11.5 Å². The van der Waals surface area contributed by atoms with E-state index in [0.29, 0.717) is 37.6 Å². The molecule has 0 amide bonds. The summed E-state index contributed by atoms with van der Waals surface area (Å²) in [5.41, 5.74) is 3.45. The van der Waals surface area contributed by atoms with Crippen LogP contribution in [0, 0.1) is 34.5 Å². The van der Waals surface area contributed by atoms with E-state index in [0.717, 1.165) is 43.4 Å². The smallest absolute Gasteiger partial charge is 0.217 e. The third-order valence-electron chi connectivity index (χ3n) is 11.4. The lowest BCUT2D eigenvalue weighted by molar-refractivity contribution is -0.695. The number of quaternary nitrogens is 1.